The summed E-state index contributed by atoms with van der Waals surface area (Å²) >= 11 is 6.54. The van der Waals surface area contributed by atoms with Crippen molar-refractivity contribution in [3.8, 4) is 22.6 Å². The predicted molar refractivity (Wildman–Crippen MR) is 164 cm³/mol. The number of alkyl halides is 1. The Kier molecular flexibility index (Phi) is 9.80. The maximum Gasteiger partial charge on any atom is 0.228 e. The molecular formula is C32H39ClFN5O2. The van der Waals surface area contributed by atoms with Crippen molar-refractivity contribution in [3.63, 3.8) is 0 Å². The third-order valence-corrected chi connectivity index (χ3v) is 8.31. The lowest BCUT2D eigenvalue weighted by Crippen LogP contribution is -2.45. The molecule has 0 unspecified atom stereocenters. The minimum Gasteiger partial charge on any atom is -0.495 e. The summed E-state index contributed by atoms with van der Waals surface area (Å²) in [5, 5.41) is 1.88. The number of halogens is 2. The highest BCUT2D eigenvalue weighted by Crippen LogP contribution is 2.36. The van der Waals surface area contributed by atoms with Crippen LogP contribution in [0.1, 0.15) is 23.1 Å². The molecule has 1 saturated heterocycles. The molecule has 0 amide bonds. The van der Waals surface area contributed by atoms with Crippen molar-refractivity contribution in [2.24, 2.45) is 11.5 Å². The molecule has 0 atom stereocenters. The zero-order valence-corrected chi connectivity index (χ0v) is 24.4. The van der Waals surface area contributed by atoms with Crippen LogP contribution in [0.2, 0.25) is 5.02 Å². The van der Waals surface area contributed by atoms with Crippen molar-refractivity contribution < 1.29 is 13.9 Å². The average Bonchev–Trinajstić information content (AvgIpc) is 3.35. The van der Waals surface area contributed by atoms with Crippen molar-refractivity contribution in [2.45, 2.75) is 32.6 Å². The van der Waals surface area contributed by atoms with Crippen LogP contribution in [0, 0.1) is 0 Å². The molecule has 41 heavy (non-hydrogen) atoms. The molecule has 9 heteroatoms. The van der Waals surface area contributed by atoms with E-state index in [2.05, 4.69) is 44.8 Å². The first-order valence-electron chi connectivity index (χ1n) is 14.1. The zero-order chi connectivity index (χ0) is 28.8. The van der Waals surface area contributed by atoms with Gasteiger partial charge in [0.1, 0.15) is 11.5 Å². The lowest BCUT2D eigenvalue weighted by Gasteiger charge is -2.35. The quantitative estimate of drug-likeness (QED) is 0.234. The normalized spacial score (nSPS) is 14.6. The second-order valence-corrected chi connectivity index (χ2v) is 10.9. The van der Waals surface area contributed by atoms with Gasteiger partial charge in [0.25, 0.3) is 0 Å². The fourth-order valence-electron chi connectivity index (χ4n) is 5.70. The third-order valence-electron chi connectivity index (χ3n) is 7.88. The number of hydrogen-bond acceptors (Lipinski definition) is 6. The zero-order valence-electron chi connectivity index (χ0n) is 23.6. The number of piperazine rings is 1. The Labute approximate surface area is 246 Å². The number of methoxy groups -OCH3 is 1. The Hall–Kier alpha value is -3.14. The van der Waals surface area contributed by atoms with E-state index in [-0.39, 0.29) is 0 Å². The number of rotatable bonds is 12. The molecule has 5 rings (SSSR count). The van der Waals surface area contributed by atoms with Crippen LogP contribution in [-0.4, -0.2) is 61.1 Å². The smallest absolute Gasteiger partial charge is 0.228 e. The maximum absolute atomic E-state index is 12.8. The third kappa shape index (κ3) is 6.68. The van der Waals surface area contributed by atoms with Gasteiger partial charge in [0.15, 0.2) is 0 Å². The van der Waals surface area contributed by atoms with E-state index >= 15 is 0 Å². The number of benzene rings is 3. The molecule has 0 bridgehead atoms. The molecule has 4 aromatic rings. The summed E-state index contributed by atoms with van der Waals surface area (Å²) < 4.78 is 25.5. The fraction of sp³-hybridized carbons (Fsp3) is 0.375. The Morgan fingerprint density at radius 1 is 0.902 bits per heavy atom. The summed E-state index contributed by atoms with van der Waals surface area (Å²) in [6.07, 6.45) is 3.08. The minimum absolute atomic E-state index is 0.333. The van der Waals surface area contributed by atoms with Crippen molar-refractivity contribution in [1.29, 1.82) is 0 Å². The lowest BCUT2D eigenvalue weighted by atomic mass is 9.98. The van der Waals surface area contributed by atoms with Crippen LogP contribution in [-0.2, 0) is 26.2 Å². The van der Waals surface area contributed by atoms with Crippen molar-refractivity contribution in [3.05, 3.63) is 82.5 Å². The summed E-state index contributed by atoms with van der Waals surface area (Å²) in [6.45, 7) is 6.55. The van der Waals surface area contributed by atoms with Gasteiger partial charge in [-0.3, -0.25) is 9.80 Å². The molecule has 0 spiro atoms. The highest BCUT2D eigenvalue weighted by Gasteiger charge is 2.20. The highest BCUT2D eigenvalue weighted by atomic mass is 35.5. The van der Waals surface area contributed by atoms with Gasteiger partial charge < -0.3 is 25.5 Å². The molecule has 2 heterocycles. The first kappa shape index (κ1) is 29.4. The summed E-state index contributed by atoms with van der Waals surface area (Å²) in [4.78, 5) is 4.95. The second-order valence-electron chi connectivity index (χ2n) is 10.5. The van der Waals surface area contributed by atoms with E-state index in [9.17, 15) is 4.39 Å². The number of ether oxygens (including phenoxy) is 2. The molecule has 1 fully saturated rings. The summed E-state index contributed by atoms with van der Waals surface area (Å²) in [5.41, 5.74) is 18.6. The molecule has 218 valence electrons. The minimum atomic E-state index is -0.867. The van der Waals surface area contributed by atoms with Gasteiger partial charge in [-0.05, 0) is 65.6 Å². The van der Waals surface area contributed by atoms with Gasteiger partial charge in [-0.25, -0.2) is 4.39 Å². The number of fused-ring (bicyclic) bond motifs is 1. The van der Waals surface area contributed by atoms with Gasteiger partial charge in [-0.1, -0.05) is 35.9 Å². The predicted octanol–water partition coefficient (Wildman–Crippen LogP) is 5.40. The van der Waals surface area contributed by atoms with E-state index in [1.165, 1.54) is 16.5 Å². The second kappa shape index (κ2) is 13.7. The Morgan fingerprint density at radius 2 is 1.68 bits per heavy atom. The van der Waals surface area contributed by atoms with Crippen molar-refractivity contribution in [2.75, 3.05) is 46.7 Å². The fourth-order valence-corrected chi connectivity index (χ4v) is 5.96. The van der Waals surface area contributed by atoms with Gasteiger partial charge >= 0.3 is 0 Å². The lowest BCUT2D eigenvalue weighted by molar-refractivity contribution is 0.122. The molecule has 0 radical (unpaired) electrons. The van der Waals surface area contributed by atoms with Gasteiger partial charge in [-0.15, -0.1) is 0 Å². The number of aryl methyl sites for hydroxylation is 1. The van der Waals surface area contributed by atoms with E-state index in [0.717, 1.165) is 80.2 Å². The molecular weight excluding hydrogens is 541 g/mol. The molecule has 1 aliphatic heterocycles. The van der Waals surface area contributed by atoms with E-state index in [4.69, 9.17) is 32.5 Å². The van der Waals surface area contributed by atoms with E-state index in [0.29, 0.717) is 23.9 Å². The number of nitrogens with two attached hydrogens (primary N) is 2. The Bertz CT molecular complexity index is 1470. The van der Waals surface area contributed by atoms with E-state index in [1.54, 1.807) is 13.2 Å². The van der Waals surface area contributed by atoms with Gasteiger partial charge in [0.05, 0.1) is 12.1 Å². The SMILES string of the molecule is COc1cccc(CN2CCN(Cc3ccc4c(c3)c(-c3ccc(OCF)cc3CN)cn4CCCN)CC2)c1Cl. The standard InChI is InChI=1S/C32H39ClFN5O2/c1-40-31-5-2-4-24(32(31)33)20-38-14-12-37(13-15-38)19-23-6-9-30-28(16-23)29(21-39(30)11-3-10-35)27-8-7-26(41-22-34)17-25(27)18-36/h2,4-9,16-17,21H,3,10-15,18-20,22,35-36H2,1H3. The molecule has 0 saturated carbocycles. The average molecular weight is 580 g/mol. The monoisotopic (exact) mass is 579 g/mol. The first-order valence-corrected chi connectivity index (χ1v) is 14.5. The maximum atomic E-state index is 12.8. The largest absolute Gasteiger partial charge is 0.495 e. The molecule has 3 aromatic carbocycles. The van der Waals surface area contributed by atoms with Gasteiger partial charge in [0.2, 0.25) is 6.86 Å². The van der Waals surface area contributed by atoms with Crippen molar-refractivity contribution in [1.82, 2.24) is 14.4 Å². The summed E-state index contributed by atoms with van der Waals surface area (Å²) in [7, 11) is 1.65. The van der Waals surface area contributed by atoms with Crippen LogP contribution < -0.4 is 20.9 Å². The Balaban J connectivity index is 1.34. The van der Waals surface area contributed by atoms with Gasteiger partial charge in [0, 0.05) is 75.0 Å². The van der Waals surface area contributed by atoms with Crippen LogP contribution in [0.15, 0.2) is 60.8 Å². The molecule has 4 N–H and O–H groups in total. The Morgan fingerprint density at radius 3 is 2.39 bits per heavy atom. The molecule has 7 nitrogen and oxygen atoms in total. The van der Waals surface area contributed by atoms with Crippen molar-refractivity contribution >= 4 is 22.5 Å². The van der Waals surface area contributed by atoms with Crippen LogP contribution in [0.25, 0.3) is 22.0 Å². The number of nitrogens with zero attached hydrogens (tertiary/aromatic N) is 3. The number of aromatic nitrogens is 1. The van der Waals surface area contributed by atoms with E-state index in [1.807, 2.05) is 24.3 Å². The molecule has 1 aromatic heterocycles. The van der Waals surface area contributed by atoms with Gasteiger partial charge in [-0.2, -0.15) is 0 Å². The molecule has 1 aliphatic rings. The van der Waals surface area contributed by atoms with Crippen LogP contribution in [0.3, 0.4) is 0 Å². The van der Waals surface area contributed by atoms with Crippen LogP contribution >= 0.6 is 11.6 Å². The number of hydrogen-bond donors (Lipinski definition) is 2. The highest BCUT2D eigenvalue weighted by molar-refractivity contribution is 6.32. The molecule has 0 aliphatic carbocycles. The topological polar surface area (TPSA) is 81.9 Å². The van der Waals surface area contributed by atoms with E-state index < -0.39 is 6.86 Å². The summed E-state index contributed by atoms with van der Waals surface area (Å²) in [5.74, 6) is 1.20. The van der Waals surface area contributed by atoms with Crippen LogP contribution in [0.5, 0.6) is 11.5 Å². The summed E-state index contributed by atoms with van der Waals surface area (Å²) in [6, 6.07) is 18.3. The first-order chi connectivity index (χ1) is 20.0. The van der Waals surface area contributed by atoms with Crippen LogP contribution in [0.4, 0.5) is 4.39 Å².